The molecule has 3 aromatic carbocycles. The second kappa shape index (κ2) is 10.6. The van der Waals surface area contributed by atoms with Gasteiger partial charge in [0.1, 0.15) is 35.6 Å². The molecule has 2 aromatic heterocycles. The van der Waals surface area contributed by atoms with Crippen molar-refractivity contribution < 1.29 is 14.2 Å². The number of benzene rings is 3. The van der Waals surface area contributed by atoms with Crippen LogP contribution in [0.1, 0.15) is 42.1 Å². The minimum atomic E-state index is -0.856. The van der Waals surface area contributed by atoms with Crippen molar-refractivity contribution in [3.8, 4) is 0 Å². The van der Waals surface area contributed by atoms with E-state index in [9.17, 15) is 0 Å². The van der Waals surface area contributed by atoms with E-state index in [1.807, 2.05) is 38.2 Å². The van der Waals surface area contributed by atoms with E-state index in [0.29, 0.717) is 12.4 Å². The zero-order valence-corrected chi connectivity index (χ0v) is 24.3. The summed E-state index contributed by atoms with van der Waals surface area (Å²) in [5.41, 5.74) is 11.2. The molecule has 7 nitrogen and oxygen atoms in total. The Hall–Kier alpha value is -4.56. The van der Waals surface area contributed by atoms with Gasteiger partial charge in [-0.25, -0.2) is 9.97 Å². The molecule has 7 rings (SSSR count). The summed E-state index contributed by atoms with van der Waals surface area (Å²) < 4.78 is 22.3. The number of anilines is 1. The van der Waals surface area contributed by atoms with Gasteiger partial charge in [0, 0.05) is 11.8 Å². The highest BCUT2D eigenvalue weighted by atomic mass is 16.8. The zero-order valence-electron chi connectivity index (χ0n) is 24.3. The van der Waals surface area contributed by atoms with Crippen LogP contribution >= 0.6 is 0 Å². The van der Waals surface area contributed by atoms with Gasteiger partial charge in [0.15, 0.2) is 5.79 Å². The number of nitrogens with two attached hydrogens (primary N) is 1. The Balaban J connectivity index is 1.34. The summed E-state index contributed by atoms with van der Waals surface area (Å²) in [6, 6.07) is 31.0. The van der Waals surface area contributed by atoms with Gasteiger partial charge in [-0.15, -0.1) is 0 Å². The molecular formula is C36H34N4O3. The monoisotopic (exact) mass is 570 g/mol. The van der Waals surface area contributed by atoms with E-state index < -0.39 is 11.4 Å². The number of rotatable bonds is 8. The van der Waals surface area contributed by atoms with Gasteiger partial charge in [0.05, 0.1) is 18.0 Å². The van der Waals surface area contributed by atoms with Crippen molar-refractivity contribution in [2.75, 3.05) is 12.3 Å². The van der Waals surface area contributed by atoms with Crippen LogP contribution in [-0.4, -0.2) is 39.1 Å². The molecule has 0 radical (unpaired) electrons. The van der Waals surface area contributed by atoms with E-state index in [-0.39, 0.29) is 18.2 Å². The summed E-state index contributed by atoms with van der Waals surface area (Å²) in [6.07, 6.45) is 6.90. The molecule has 216 valence electrons. The predicted octanol–water partition coefficient (Wildman–Crippen LogP) is 6.67. The van der Waals surface area contributed by atoms with E-state index >= 15 is 0 Å². The lowest BCUT2D eigenvalue weighted by Gasteiger charge is -2.36. The van der Waals surface area contributed by atoms with Gasteiger partial charge in [-0.2, -0.15) is 0 Å². The van der Waals surface area contributed by atoms with Gasteiger partial charge >= 0.3 is 0 Å². The third kappa shape index (κ3) is 4.57. The number of fused-ring (bicyclic) bond motifs is 2. The van der Waals surface area contributed by atoms with Crippen molar-refractivity contribution in [3.05, 3.63) is 144 Å². The van der Waals surface area contributed by atoms with Crippen LogP contribution in [0.5, 0.6) is 0 Å². The summed E-state index contributed by atoms with van der Waals surface area (Å²) in [5.74, 6) is -0.344. The number of hydrogen-bond acceptors (Lipinski definition) is 6. The number of aromatic nitrogens is 3. The van der Waals surface area contributed by atoms with Gasteiger partial charge < -0.3 is 24.5 Å². The lowest BCUT2D eigenvalue weighted by molar-refractivity contribution is -0.148. The molecule has 43 heavy (non-hydrogen) atoms. The SMILES string of the molecule is C=Cc1cn([C@@H]2C=C(COC(c3ccccc3)(c3ccccc3)c3ccccc3)[C@@H]3OC(C)(C)OC23)c2ncnc(N)c12. The Bertz CT molecular complexity index is 1700. The second-order valence-corrected chi connectivity index (χ2v) is 11.5. The molecule has 1 aliphatic heterocycles. The first-order valence-corrected chi connectivity index (χ1v) is 14.5. The summed E-state index contributed by atoms with van der Waals surface area (Å²) in [4.78, 5) is 8.82. The first-order valence-electron chi connectivity index (χ1n) is 14.5. The second-order valence-electron chi connectivity index (χ2n) is 11.5. The van der Waals surface area contributed by atoms with Crippen LogP contribution in [0.4, 0.5) is 5.82 Å². The first kappa shape index (κ1) is 27.3. The van der Waals surface area contributed by atoms with E-state index in [1.54, 1.807) is 6.08 Å². The summed E-state index contributed by atoms with van der Waals surface area (Å²) in [6.45, 7) is 8.21. The fraction of sp³-hybridized carbons (Fsp3) is 0.222. The van der Waals surface area contributed by atoms with Crippen LogP contribution < -0.4 is 5.73 Å². The molecule has 1 fully saturated rings. The van der Waals surface area contributed by atoms with E-state index in [2.05, 4.69) is 100.0 Å². The van der Waals surface area contributed by atoms with Crippen LogP contribution in [0.3, 0.4) is 0 Å². The highest BCUT2D eigenvalue weighted by Crippen LogP contribution is 2.47. The zero-order chi connectivity index (χ0) is 29.6. The van der Waals surface area contributed by atoms with Crippen molar-refractivity contribution in [3.63, 3.8) is 0 Å². The van der Waals surface area contributed by atoms with Crippen molar-refractivity contribution >= 4 is 22.9 Å². The Morgan fingerprint density at radius 3 is 2.05 bits per heavy atom. The van der Waals surface area contributed by atoms with Gasteiger partial charge in [0.25, 0.3) is 0 Å². The first-order chi connectivity index (χ1) is 20.9. The Labute approximate surface area is 251 Å². The highest BCUT2D eigenvalue weighted by Gasteiger charge is 2.51. The minimum Gasteiger partial charge on any atom is -0.383 e. The topological polar surface area (TPSA) is 84.4 Å². The van der Waals surface area contributed by atoms with Crippen LogP contribution in [0.25, 0.3) is 17.1 Å². The quantitative estimate of drug-likeness (QED) is 0.166. The average Bonchev–Trinajstić information content (AvgIpc) is 3.68. The van der Waals surface area contributed by atoms with E-state index in [0.717, 1.165) is 38.9 Å². The van der Waals surface area contributed by atoms with E-state index in [4.69, 9.17) is 19.9 Å². The maximum absolute atomic E-state index is 7.19. The average molecular weight is 571 g/mol. The molecule has 3 atom stereocenters. The van der Waals surface area contributed by atoms with Crippen LogP contribution in [-0.2, 0) is 19.8 Å². The normalized spacial score (nSPS) is 21.1. The van der Waals surface area contributed by atoms with Crippen LogP contribution in [0, 0.1) is 0 Å². The van der Waals surface area contributed by atoms with Crippen LogP contribution in [0.2, 0.25) is 0 Å². The summed E-state index contributed by atoms with van der Waals surface area (Å²) >= 11 is 0. The van der Waals surface area contributed by atoms with Crippen molar-refractivity contribution in [2.45, 2.75) is 43.5 Å². The Kier molecular flexibility index (Phi) is 6.73. The molecule has 2 N–H and O–H groups in total. The lowest BCUT2D eigenvalue weighted by atomic mass is 9.80. The van der Waals surface area contributed by atoms with Gasteiger partial charge in [-0.05, 0) is 36.1 Å². The van der Waals surface area contributed by atoms with E-state index in [1.165, 1.54) is 6.33 Å². The number of ether oxygens (including phenoxy) is 3. The standard InChI is InChI=1S/C36H34N4O3/c1-4-24-21-40(34-30(24)33(37)38-23-39-34)29-20-25(31-32(29)43-35(2,3)42-31)22-41-36(26-14-8-5-9-15-26,27-16-10-6-11-17-27)28-18-12-7-13-19-28/h4-21,23,29,31-32H,1,22H2,2-3H3,(H2,37,38,39)/t29-,31+,32?/m1/s1. The van der Waals surface area contributed by atoms with Gasteiger partial charge in [-0.3, -0.25) is 0 Å². The molecule has 3 heterocycles. The molecule has 7 heteroatoms. The predicted molar refractivity (Wildman–Crippen MR) is 168 cm³/mol. The number of hydrogen-bond donors (Lipinski definition) is 1. The smallest absolute Gasteiger partial charge is 0.164 e. The Morgan fingerprint density at radius 1 is 0.907 bits per heavy atom. The maximum Gasteiger partial charge on any atom is 0.164 e. The molecule has 1 saturated heterocycles. The molecule has 0 bridgehead atoms. The lowest BCUT2D eigenvalue weighted by Crippen LogP contribution is -2.35. The van der Waals surface area contributed by atoms with Crippen molar-refractivity contribution in [1.82, 2.24) is 14.5 Å². The fourth-order valence-electron chi connectivity index (χ4n) is 6.58. The van der Waals surface area contributed by atoms with Gasteiger partial charge in [0.2, 0.25) is 0 Å². The molecule has 5 aromatic rings. The third-order valence-corrected chi connectivity index (χ3v) is 8.42. The maximum atomic E-state index is 7.19. The number of nitrogens with zero attached hydrogens (tertiary/aromatic N) is 3. The third-order valence-electron chi connectivity index (χ3n) is 8.42. The fourth-order valence-corrected chi connectivity index (χ4v) is 6.58. The molecule has 2 aliphatic rings. The summed E-state index contributed by atoms with van der Waals surface area (Å²) in [7, 11) is 0. The van der Waals surface area contributed by atoms with Crippen LogP contribution in [0.15, 0.2) is 122 Å². The molecule has 0 amide bonds. The molecule has 1 unspecified atom stereocenters. The van der Waals surface area contributed by atoms with Crippen molar-refractivity contribution in [1.29, 1.82) is 0 Å². The summed E-state index contributed by atoms with van der Waals surface area (Å²) in [5, 5.41) is 0.779. The molecule has 1 aliphatic carbocycles. The molecule has 0 saturated carbocycles. The number of nitrogen functional groups attached to an aromatic ring is 1. The van der Waals surface area contributed by atoms with Gasteiger partial charge in [-0.1, -0.05) is 110 Å². The Morgan fingerprint density at radius 2 is 1.49 bits per heavy atom. The molecule has 0 spiro atoms. The largest absolute Gasteiger partial charge is 0.383 e. The molecular weight excluding hydrogens is 536 g/mol. The minimum absolute atomic E-state index is 0.199. The highest BCUT2D eigenvalue weighted by molar-refractivity contribution is 5.94. The van der Waals surface area contributed by atoms with Crippen molar-refractivity contribution in [2.24, 2.45) is 0 Å².